The Morgan fingerprint density at radius 1 is 1.16 bits per heavy atom. The lowest BCUT2D eigenvalue weighted by atomic mass is 9.95. The van der Waals surface area contributed by atoms with Gasteiger partial charge in [-0.2, -0.15) is 0 Å². The van der Waals surface area contributed by atoms with Gasteiger partial charge in [-0.05, 0) is 56.2 Å². The van der Waals surface area contributed by atoms with Gasteiger partial charge in [0.25, 0.3) is 0 Å². The molecular formula is C28H29ClFN3O4. The van der Waals surface area contributed by atoms with Crippen molar-refractivity contribution in [1.29, 1.82) is 0 Å². The van der Waals surface area contributed by atoms with Crippen LogP contribution in [0.4, 0.5) is 20.6 Å². The number of benzene rings is 2. The Hall–Kier alpha value is -3.52. The summed E-state index contributed by atoms with van der Waals surface area (Å²) in [5, 5.41) is 3.57. The number of anilines is 2. The van der Waals surface area contributed by atoms with Crippen molar-refractivity contribution in [3.8, 4) is 5.75 Å². The number of rotatable bonds is 4. The van der Waals surface area contributed by atoms with E-state index >= 15 is 0 Å². The van der Waals surface area contributed by atoms with Crippen LogP contribution in [0.5, 0.6) is 5.75 Å². The molecule has 9 heteroatoms. The summed E-state index contributed by atoms with van der Waals surface area (Å²) in [6.07, 6.45) is 5.74. The third-order valence-electron chi connectivity index (χ3n) is 6.70. The van der Waals surface area contributed by atoms with Gasteiger partial charge in [-0.1, -0.05) is 24.9 Å². The Morgan fingerprint density at radius 3 is 2.62 bits per heavy atom. The molecule has 194 valence electrons. The molecule has 0 spiro atoms. The Kier molecular flexibility index (Phi) is 6.62. The topological polar surface area (TPSA) is 75.0 Å². The maximum atomic E-state index is 13.4. The number of carbonyl (C=O) groups excluding carboxylic acids is 1. The lowest BCUT2D eigenvalue weighted by Crippen LogP contribution is -2.50. The first-order chi connectivity index (χ1) is 17.6. The van der Waals surface area contributed by atoms with E-state index < -0.39 is 11.4 Å². The summed E-state index contributed by atoms with van der Waals surface area (Å²) in [5.74, 6) is 0.187. The zero-order chi connectivity index (χ0) is 26.3. The van der Waals surface area contributed by atoms with E-state index in [2.05, 4.69) is 23.2 Å². The number of nitrogens with zero attached hydrogens (tertiary/aromatic N) is 2. The zero-order valence-electron chi connectivity index (χ0n) is 21.1. The van der Waals surface area contributed by atoms with Crippen LogP contribution in [-0.2, 0) is 6.42 Å². The highest BCUT2D eigenvalue weighted by Crippen LogP contribution is 2.44. The number of ether oxygens (including phenoxy) is 1. The van der Waals surface area contributed by atoms with E-state index in [4.69, 9.17) is 20.8 Å². The highest BCUT2D eigenvalue weighted by molar-refractivity contribution is 6.31. The number of fused-ring (bicyclic) bond motifs is 3. The lowest BCUT2D eigenvalue weighted by Gasteiger charge is -2.38. The van der Waals surface area contributed by atoms with Gasteiger partial charge in [-0.3, -0.25) is 0 Å². The number of nitrogens with one attached hydrogen (secondary N) is 1. The lowest BCUT2D eigenvalue weighted by molar-refractivity contribution is 0.161. The van der Waals surface area contributed by atoms with E-state index in [0.29, 0.717) is 37.4 Å². The van der Waals surface area contributed by atoms with Crippen molar-refractivity contribution in [2.24, 2.45) is 0 Å². The summed E-state index contributed by atoms with van der Waals surface area (Å²) in [5.41, 5.74) is 2.82. The molecule has 2 aliphatic rings. The van der Waals surface area contributed by atoms with E-state index in [1.165, 1.54) is 18.2 Å². The molecule has 5 rings (SSSR count). The molecule has 0 radical (unpaired) electrons. The molecule has 37 heavy (non-hydrogen) atoms. The molecule has 0 bridgehead atoms. The first kappa shape index (κ1) is 25.1. The van der Waals surface area contributed by atoms with Crippen molar-refractivity contribution in [1.82, 2.24) is 4.90 Å². The minimum absolute atomic E-state index is 0.0455. The van der Waals surface area contributed by atoms with Gasteiger partial charge in [0.15, 0.2) is 0 Å². The second-order valence-corrected chi connectivity index (χ2v) is 10.3. The smallest absolute Gasteiger partial charge is 0.336 e. The molecule has 0 aliphatic carbocycles. The van der Waals surface area contributed by atoms with Gasteiger partial charge in [-0.15, -0.1) is 0 Å². The summed E-state index contributed by atoms with van der Waals surface area (Å²) in [4.78, 5) is 29.0. The summed E-state index contributed by atoms with van der Waals surface area (Å²) in [6.45, 7) is 8.17. The Bertz CT molecular complexity index is 1460. The molecule has 7 nitrogen and oxygen atoms in total. The number of hydrogen-bond acceptors (Lipinski definition) is 5. The highest BCUT2D eigenvalue weighted by Gasteiger charge is 2.30. The largest absolute Gasteiger partial charge is 0.482 e. The van der Waals surface area contributed by atoms with Gasteiger partial charge in [0.05, 0.1) is 16.1 Å². The fourth-order valence-electron chi connectivity index (χ4n) is 4.88. The van der Waals surface area contributed by atoms with Crippen LogP contribution in [0, 0.1) is 5.82 Å². The average molecular weight is 526 g/mol. The van der Waals surface area contributed by atoms with E-state index in [1.54, 1.807) is 11.0 Å². The van der Waals surface area contributed by atoms with Gasteiger partial charge in [0, 0.05) is 49.6 Å². The number of piperazine rings is 1. The predicted octanol–water partition coefficient (Wildman–Crippen LogP) is 6.08. The Morgan fingerprint density at radius 2 is 1.92 bits per heavy atom. The van der Waals surface area contributed by atoms with Gasteiger partial charge < -0.3 is 24.3 Å². The predicted molar refractivity (Wildman–Crippen MR) is 144 cm³/mol. The average Bonchev–Trinajstić information content (AvgIpc) is 2.85. The monoisotopic (exact) mass is 525 g/mol. The van der Waals surface area contributed by atoms with Crippen molar-refractivity contribution >= 4 is 46.1 Å². The molecule has 3 heterocycles. The van der Waals surface area contributed by atoms with Crippen LogP contribution in [-0.4, -0.2) is 42.7 Å². The number of amides is 2. The Balaban J connectivity index is 1.43. The minimum Gasteiger partial charge on any atom is -0.482 e. The first-order valence-electron chi connectivity index (χ1n) is 12.4. The quantitative estimate of drug-likeness (QED) is 0.418. The first-order valence-corrected chi connectivity index (χ1v) is 12.8. The highest BCUT2D eigenvalue weighted by atomic mass is 35.5. The van der Waals surface area contributed by atoms with E-state index in [9.17, 15) is 14.0 Å². The number of hydrogen-bond donors (Lipinski definition) is 1. The van der Waals surface area contributed by atoms with Crippen LogP contribution in [0.3, 0.4) is 0 Å². The van der Waals surface area contributed by atoms with Crippen LogP contribution < -0.4 is 20.6 Å². The normalized spacial score (nSPS) is 16.5. The number of urea groups is 1. The van der Waals surface area contributed by atoms with Crippen LogP contribution >= 0.6 is 11.6 Å². The fraction of sp³-hybridized carbons (Fsp3) is 0.357. The van der Waals surface area contributed by atoms with Crippen molar-refractivity contribution in [3.05, 3.63) is 68.8 Å². The standard InChI is InChI=1S/C28H29ClFN3O4/c1-4-5-17-14-24(34)36-23-16-22(19-8-9-28(2,3)37-26(19)25(17)23)32-10-12-33(13-11-32)27(35)31-18-6-7-21(30)20(29)15-18/h6-9,14-16H,4-5,10-13H2,1-3H3,(H,31,35). The molecule has 2 aromatic carbocycles. The number of carbonyl (C=O) groups is 1. The SMILES string of the molecule is CCCc1cc(=O)oc2cc(N3CCN(C(=O)Nc4ccc(F)c(Cl)c4)CC3)c3c(c12)OC(C)(C)C=C3. The van der Waals surface area contributed by atoms with Crippen LogP contribution in [0.15, 0.2) is 45.6 Å². The molecule has 3 aromatic rings. The van der Waals surface area contributed by atoms with E-state index in [0.717, 1.165) is 40.8 Å². The second kappa shape index (κ2) is 9.74. The minimum atomic E-state index is -0.536. The second-order valence-electron chi connectivity index (χ2n) is 9.92. The summed E-state index contributed by atoms with van der Waals surface area (Å²) < 4.78 is 25.5. The zero-order valence-corrected chi connectivity index (χ0v) is 21.8. The van der Waals surface area contributed by atoms with Gasteiger partial charge >= 0.3 is 11.7 Å². The van der Waals surface area contributed by atoms with Crippen molar-refractivity contribution in [2.45, 2.75) is 39.2 Å². The number of halogens is 2. The number of aryl methyl sites for hydroxylation is 1. The fourth-order valence-corrected chi connectivity index (χ4v) is 5.06. The molecule has 0 saturated carbocycles. The van der Waals surface area contributed by atoms with E-state index in [1.807, 2.05) is 26.0 Å². The summed E-state index contributed by atoms with van der Waals surface area (Å²) >= 11 is 5.83. The molecule has 1 saturated heterocycles. The van der Waals surface area contributed by atoms with Crippen LogP contribution in [0.1, 0.15) is 38.3 Å². The third-order valence-corrected chi connectivity index (χ3v) is 6.99. The maximum Gasteiger partial charge on any atom is 0.336 e. The van der Waals surface area contributed by atoms with Crippen molar-refractivity contribution in [3.63, 3.8) is 0 Å². The summed E-state index contributed by atoms with van der Waals surface area (Å²) in [7, 11) is 0. The molecular weight excluding hydrogens is 497 g/mol. The van der Waals surface area contributed by atoms with Gasteiger partial charge in [-0.25, -0.2) is 14.0 Å². The molecule has 0 atom stereocenters. The third kappa shape index (κ3) is 5.03. The molecule has 1 aromatic heterocycles. The summed E-state index contributed by atoms with van der Waals surface area (Å²) in [6, 6.07) is 7.29. The van der Waals surface area contributed by atoms with Gasteiger partial charge in [0.1, 0.15) is 22.8 Å². The molecule has 1 N–H and O–H groups in total. The van der Waals surface area contributed by atoms with E-state index in [-0.39, 0.29) is 16.7 Å². The molecule has 2 aliphatic heterocycles. The molecule has 0 unspecified atom stereocenters. The van der Waals surface area contributed by atoms with Crippen molar-refractivity contribution < 1.29 is 18.3 Å². The molecule has 1 fully saturated rings. The van der Waals surface area contributed by atoms with Crippen molar-refractivity contribution in [2.75, 3.05) is 36.4 Å². The van der Waals surface area contributed by atoms with Crippen LogP contribution in [0.2, 0.25) is 5.02 Å². The molecule has 2 amide bonds. The van der Waals surface area contributed by atoms with Crippen LogP contribution in [0.25, 0.3) is 17.0 Å². The maximum absolute atomic E-state index is 13.4. The Labute approximate surface area is 219 Å². The van der Waals surface area contributed by atoms with Gasteiger partial charge in [0.2, 0.25) is 0 Å².